The molecule has 3 rings (SSSR count). The third-order valence-corrected chi connectivity index (χ3v) is 3.31. The fraction of sp³-hybridized carbons (Fsp3) is 0.235. The maximum Gasteiger partial charge on any atom is 0.231 e. The summed E-state index contributed by atoms with van der Waals surface area (Å²) in [6.45, 7) is 3.17. The quantitative estimate of drug-likeness (QED) is 0.504. The molecule has 0 spiro atoms. The molecule has 6 heteroatoms. The van der Waals surface area contributed by atoms with E-state index in [1.807, 2.05) is 43.3 Å². The molecule has 0 radical (unpaired) electrons. The Morgan fingerprint density at radius 1 is 1.17 bits per heavy atom. The Morgan fingerprint density at radius 3 is 2.78 bits per heavy atom. The summed E-state index contributed by atoms with van der Waals surface area (Å²) in [5, 5.41) is 3.04. The molecule has 0 fully saturated rings. The highest BCUT2D eigenvalue weighted by molar-refractivity contribution is 5.92. The molecular formula is C17H19N3O3. The van der Waals surface area contributed by atoms with Gasteiger partial charge in [0.1, 0.15) is 12.4 Å². The second kappa shape index (κ2) is 6.91. The molecule has 1 aliphatic heterocycles. The van der Waals surface area contributed by atoms with Crippen LogP contribution in [0.2, 0.25) is 0 Å². The molecule has 1 heterocycles. The summed E-state index contributed by atoms with van der Waals surface area (Å²) in [6, 6.07) is 13.4. The molecule has 0 saturated heterocycles. The lowest BCUT2D eigenvalue weighted by Gasteiger charge is -2.07. The SMILES string of the molecule is Cc1ccc(NC(N)=NCCOc2ccc3c(c2)OCO3)cc1. The number of anilines is 1. The van der Waals surface area contributed by atoms with Crippen molar-refractivity contribution in [2.75, 3.05) is 25.3 Å². The van der Waals surface area contributed by atoms with Gasteiger partial charge in [0, 0.05) is 11.8 Å². The Kier molecular flexibility index (Phi) is 4.52. The first-order chi connectivity index (χ1) is 11.2. The molecule has 0 bridgehead atoms. The molecular weight excluding hydrogens is 294 g/mol. The van der Waals surface area contributed by atoms with Crippen molar-refractivity contribution in [1.29, 1.82) is 0 Å². The highest BCUT2D eigenvalue weighted by atomic mass is 16.7. The molecule has 0 unspecified atom stereocenters. The van der Waals surface area contributed by atoms with Crippen LogP contribution in [0.4, 0.5) is 5.69 Å². The summed E-state index contributed by atoms with van der Waals surface area (Å²) in [4.78, 5) is 4.23. The van der Waals surface area contributed by atoms with Crippen LogP contribution in [0.15, 0.2) is 47.5 Å². The van der Waals surface area contributed by atoms with Gasteiger partial charge in [0.05, 0.1) is 6.54 Å². The van der Waals surface area contributed by atoms with Gasteiger partial charge in [0.15, 0.2) is 17.5 Å². The van der Waals surface area contributed by atoms with Crippen molar-refractivity contribution in [3.63, 3.8) is 0 Å². The van der Waals surface area contributed by atoms with Crippen molar-refractivity contribution in [1.82, 2.24) is 0 Å². The molecule has 6 nitrogen and oxygen atoms in total. The Morgan fingerprint density at radius 2 is 1.96 bits per heavy atom. The number of nitrogens with one attached hydrogen (secondary N) is 1. The predicted molar refractivity (Wildman–Crippen MR) is 89.4 cm³/mol. The molecule has 23 heavy (non-hydrogen) atoms. The molecule has 0 aromatic heterocycles. The van der Waals surface area contributed by atoms with Gasteiger partial charge in [-0.1, -0.05) is 17.7 Å². The van der Waals surface area contributed by atoms with E-state index in [0.29, 0.717) is 24.9 Å². The lowest BCUT2D eigenvalue weighted by atomic mass is 10.2. The van der Waals surface area contributed by atoms with Crippen molar-refractivity contribution < 1.29 is 14.2 Å². The zero-order chi connectivity index (χ0) is 16.1. The van der Waals surface area contributed by atoms with E-state index in [1.54, 1.807) is 6.07 Å². The van der Waals surface area contributed by atoms with Gasteiger partial charge in [-0.15, -0.1) is 0 Å². The minimum Gasteiger partial charge on any atom is -0.492 e. The highest BCUT2D eigenvalue weighted by Gasteiger charge is 2.13. The standard InChI is InChI=1S/C17H19N3O3/c1-12-2-4-13(5-3-12)20-17(18)19-8-9-21-14-6-7-15-16(10-14)23-11-22-15/h2-7,10H,8-9,11H2,1H3,(H3,18,19,20). The summed E-state index contributed by atoms with van der Waals surface area (Å²) in [6.07, 6.45) is 0. The first kappa shape index (κ1) is 15.0. The number of fused-ring (bicyclic) bond motifs is 1. The monoisotopic (exact) mass is 313 g/mol. The van der Waals surface area contributed by atoms with E-state index in [-0.39, 0.29) is 6.79 Å². The second-order valence-corrected chi connectivity index (χ2v) is 5.12. The van der Waals surface area contributed by atoms with Gasteiger partial charge in [-0.3, -0.25) is 0 Å². The fourth-order valence-electron chi connectivity index (χ4n) is 2.12. The zero-order valence-corrected chi connectivity index (χ0v) is 12.9. The normalized spacial score (nSPS) is 13.0. The predicted octanol–water partition coefficient (Wildman–Crippen LogP) is 2.53. The summed E-state index contributed by atoms with van der Waals surface area (Å²) >= 11 is 0. The van der Waals surface area contributed by atoms with E-state index in [4.69, 9.17) is 19.9 Å². The largest absolute Gasteiger partial charge is 0.492 e. The maximum atomic E-state index is 5.84. The van der Waals surface area contributed by atoms with E-state index in [1.165, 1.54) is 5.56 Å². The van der Waals surface area contributed by atoms with Crippen LogP contribution in [-0.4, -0.2) is 25.9 Å². The third-order valence-electron chi connectivity index (χ3n) is 3.31. The van der Waals surface area contributed by atoms with Crippen LogP contribution >= 0.6 is 0 Å². The number of hydrogen-bond donors (Lipinski definition) is 2. The molecule has 2 aromatic carbocycles. The highest BCUT2D eigenvalue weighted by Crippen LogP contribution is 2.34. The number of aryl methyl sites for hydroxylation is 1. The van der Waals surface area contributed by atoms with Gasteiger partial charge < -0.3 is 25.3 Å². The van der Waals surface area contributed by atoms with Crippen molar-refractivity contribution in [3.8, 4) is 17.2 Å². The Hall–Kier alpha value is -2.89. The van der Waals surface area contributed by atoms with Crippen LogP contribution in [0.25, 0.3) is 0 Å². The van der Waals surface area contributed by atoms with E-state index in [9.17, 15) is 0 Å². The summed E-state index contributed by atoms with van der Waals surface area (Å²) < 4.78 is 16.2. The van der Waals surface area contributed by atoms with Gasteiger partial charge in [-0.05, 0) is 31.2 Å². The molecule has 2 aromatic rings. The van der Waals surface area contributed by atoms with Crippen LogP contribution in [-0.2, 0) is 0 Å². The smallest absolute Gasteiger partial charge is 0.231 e. The molecule has 0 atom stereocenters. The van der Waals surface area contributed by atoms with E-state index in [2.05, 4.69) is 10.3 Å². The van der Waals surface area contributed by atoms with Crippen LogP contribution in [0.5, 0.6) is 17.2 Å². The van der Waals surface area contributed by atoms with Gasteiger partial charge >= 0.3 is 0 Å². The van der Waals surface area contributed by atoms with Crippen LogP contribution in [0.1, 0.15) is 5.56 Å². The summed E-state index contributed by atoms with van der Waals surface area (Å²) in [5.41, 5.74) is 7.95. The Labute approximate surface area is 134 Å². The second-order valence-electron chi connectivity index (χ2n) is 5.12. The number of hydrogen-bond acceptors (Lipinski definition) is 4. The Bertz CT molecular complexity index is 699. The van der Waals surface area contributed by atoms with Gasteiger partial charge in [0.2, 0.25) is 6.79 Å². The minimum atomic E-state index is 0.254. The number of aliphatic imine (C=N–C) groups is 1. The fourth-order valence-corrected chi connectivity index (χ4v) is 2.12. The molecule has 1 aliphatic rings. The van der Waals surface area contributed by atoms with Crippen molar-refractivity contribution >= 4 is 11.6 Å². The molecule has 3 N–H and O–H groups in total. The lowest BCUT2D eigenvalue weighted by Crippen LogP contribution is -2.23. The molecule has 0 saturated carbocycles. The van der Waals surface area contributed by atoms with Crippen LogP contribution in [0.3, 0.4) is 0 Å². The topological polar surface area (TPSA) is 78.1 Å². The number of benzene rings is 2. The minimum absolute atomic E-state index is 0.254. The number of ether oxygens (including phenoxy) is 3. The average Bonchev–Trinajstić information content (AvgIpc) is 3.01. The van der Waals surface area contributed by atoms with Gasteiger partial charge in [-0.25, -0.2) is 4.99 Å². The number of nitrogens with zero attached hydrogens (tertiary/aromatic N) is 1. The van der Waals surface area contributed by atoms with E-state index in [0.717, 1.165) is 17.2 Å². The number of guanidine groups is 1. The lowest BCUT2D eigenvalue weighted by molar-refractivity contribution is 0.174. The van der Waals surface area contributed by atoms with E-state index >= 15 is 0 Å². The molecule has 120 valence electrons. The van der Waals surface area contributed by atoms with E-state index < -0.39 is 0 Å². The zero-order valence-electron chi connectivity index (χ0n) is 12.9. The van der Waals surface area contributed by atoms with Crippen molar-refractivity contribution in [3.05, 3.63) is 48.0 Å². The van der Waals surface area contributed by atoms with Gasteiger partial charge in [0.25, 0.3) is 0 Å². The van der Waals surface area contributed by atoms with Crippen molar-refractivity contribution in [2.45, 2.75) is 6.92 Å². The summed E-state index contributed by atoms with van der Waals surface area (Å²) in [7, 11) is 0. The molecule has 0 aliphatic carbocycles. The first-order valence-corrected chi connectivity index (χ1v) is 7.37. The average molecular weight is 313 g/mol. The summed E-state index contributed by atoms with van der Waals surface area (Å²) in [5.74, 6) is 2.52. The number of rotatable bonds is 5. The van der Waals surface area contributed by atoms with Gasteiger partial charge in [-0.2, -0.15) is 0 Å². The molecule has 0 amide bonds. The number of nitrogens with two attached hydrogens (primary N) is 1. The first-order valence-electron chi connectivity index (χ1n) is 7.37. The maximum absolute atomic E-state index is 5.84. The van der Waals surface area contributed by atoms with Crippen LogP contribution < -0.4 is 25.3 Å². The van der Waals surface area contributed by atoms with Crippen LogP contribution in [0, 0.1) is 6.92 Å². The third kappa shape index (κ3) is 4.06. The van der Waals surface area contributed by atoms with Crippen molar-refractivity contribution in [2.24, 2.45) is 10.7 Å². The Balaban J connectivity index is 1.46.